The second kappa shape index (κ2) is 9.37. The van der Waals surface area contributed by atoms with E-state index in [1.807, 2.05) is 32.9 Å². The lowest BCUT2D eigenvalue weighted by Crippen LogP contribution is -2.42. The Balaban J connectivity index is 1.76. The summed E-state index contributed by atoms with van der Waals surface area (Å²) in [5, 5.41) is 5.76. The zero-order valence-electron chi connectivity index (χ0n) is 16.0. The van der Waals surface area contributed by atoms with E-state index in [-0.39, 0.29) is 12.1 Å². The highest BCUT2D eigenvalue weighted by Gasteiger charge is 2.29. The van der Waals surface area contributed by atoms with Gasteiger partial charge in [-0.1, -0.05) is 24.6 Å². The van der Waals surface area contributed by atoms with E-state index in [9.17, 15) is 13.2 Å². The zero-order chi connectivity index (χ0) is 19.2. The summed E-state index contributed by atoms with van der Waals surface area (Å²) < 4.78 is 27.0. The minimum atomic E-state index is -3.40. The maximum absolute atomic E-state index is 12.7. The predicted molar refractivity (Wildman–Crippen MR) is 104 cm³/mol. The quantitative estimate of drug-likeness (QED) is 0.762. The summed E-state index contributed by atoms with van der Waals surface area (Å²) in [5.74, 6) is 0.448. The number of carbonyl (C=O) groups is 1. The summed E-state index contributed by atoms with van der Waals surface area (Å²) in [6.07, 6.45) is 3.45. The average Bonchev–Trinajstić information content (AvgIpc) is 2.62. The van der Waals surface area contributed by atoms with Crippen molar-refractivity contribution in [3.8, 4) is 0 Å². The van der Waals surface area contributed by atoms with E-state index in [1.54, 1.807) is 16.4 Å². The third-order valence-electron chi connectivity index (χ3n) is 5.06. The molecule has 1 heterocycles. The summed E-state index contributed by atoms with van der Waals surface area (Å²) in [6, 6.07) is 7.06. The highest BCUT2D eigenvalue weighted by Crippen LogP contribution is 2.25. The van der Waals surface area contributed by atoms with E-state index in [2.05, 4.69) is 10.6 Å². The van der Waals surface area contributed by atoms with Crippen molar-refractivity contribution in [2.24, 2.45) is 5.92 Å². The molecule has 1 aliphatic rings. The number of rotatable bonds is 7. The number of nitrogens with one attached hydrogen (secondary N) is 2. The first kappa shape index (κ1) is 20.7. The predicted octanol–water partition coefficient (Wildman–Crippen LogP) is 2.88. The molecule has 2 rings (SSSR count). The maximum atomic E-state index is 12.7. The smallest absolute Gasteiger partial charge is 0.314 e. The van der Waals surface area contributed by atoms with E-state index in [0.717, 1.165) is 31.2 Å². The second-order valence-corrected chi connectivity index (χ2v) is 9.10. The van der Waals surface area contributed by atoms with Crippen LogP contribution in [0.1, 0.15) is 45.1 Å². The number of hydrogen-bond acceptors (Lipinski definition) is 3. The van der Waals surface area contributed by atoms with Crippen molar-refractivity contribution in [1.29, 1.82) is 0 Å². The molecule has 1 aromatic rings. The van der Waals surface area contributed by atoms with Crippen LogP contribution >= 0.6 is 0 Å². The highest BCUT2D eigenvalue weighted by molar-refractivity contribution is 7.89. The van der Waals surface area contributed by atoms with Crippen LogP contribution in [0, 0.1) is 12.8 Å². The first-order chi connectivity index (χ1) is 12.3. The normalized spacial score (nSPS) is 17.7. The van der Waals surface area contributed by atoms with Crippen molar-refractivity contribution in [3.05, 3.63) is 29.8 Å². The summed E-state index contributed by atoms with van der Waals surface area (Å²) in [4.78, 5) is 12.1. The van der Waals surface area contributed by atoms with Crippen molar-refractivity contribution in [1.82, 2.24) is 14.9 Å². The number of aryl methyl sites for hydroxylation is 1. The van der Waals surface area contributed by atoms with Gasteiger partial charge >= 0.3 is 6.03 Å². The largest absolute Gasteiger partial charge is 0.338 e. The van der Waals surface area contributed by atoms with Gasteiger partial charge in [-0.25, -0.2) is 13.2 Å². The monoisotopic (exact) mass is 381 g/mol. The highest BCUT2D eigenvalue weighted by atomic mass is 32.2. The van der Waals surface area contributed by atoms with Crippen molar-refractivity contribution in [3.63, 3.8) is 0 Å². The Bertz CT molecular complexity index is 680. The SMILES string of the molecule is CC[C@@H](C)NC(=O)NCCC1CCN(S(=O)(=O)c2ccc(C)cc2)CC1. The molecule has 6 nitrogen and oxygen atoms in total. The number of hydrogen-bond donors (Lipinski definition) is 2. The zero-order valence-corrected chi connectivity index (χ0v) is 16.8. The minimum absolute atomic E-state index is 0.126. The lowest BCUT2D eigenvalue weighted by atomic mass is 9.95. The first-order valence-corrected chi connectivity index (χ1v) is 10.9. The molecule has 0 aliphatic carbocycles. The Morgan fingerprint density at radius 1 is 1.23 bits per heavy atom. The summed E-state index contributed by atoms with van der Waals surface area (Å²) >= 11 is 0. The molecule has 1 aliphatic heterocycles. The lowest BCUT2D eigenvalue weighted by Gasteiger charge is -2.31. The average molecular weight is 382 g/mol. The second-order valence-electron chi connectivity index (χ2n) is 7.16. The van der Waals surface area contributed by atoms with E-state index in [1.165, 1.54) is 0 Å². The summed E-state index contributed by atoms with van der Waals surface area (Å²) in [5.41, 5.74) is 1.05. The molecule has 146 valence electrons. The first-order valence-electron chi connectivity index (χ1n) is 9.44. The lowest BCUT2D eigenvalue weighted by molar-refractivity contribution is 0.233. The molecule has 2 amide bonds. The molecule has 26 heavy (non-hydrogen) atoms. The molecule has 7 heteroatoms. The van der Waals surface area contributed by atoms with Gasteiger partial charge in [0.15, 0.2) is 0 Å². The van der Waals surface area contributed by atoms with Gasteiger partial charge in [0.05, 0.1) is 4.90 Å². The summed E-state index contributed by atoms with van der Waals surface area (Å²) in [6.45, 7) is 7.66. The van der Waals surface area contributed by atoms with Crippen molar-refractivity contribution in [2.75, 3.05) is 19.6 Å². The van der Waals surface area contributed by atoms with E-state index in [4.69, 9.17) is 0 Å². The van der Waals surface area contributed by atoms with Gasteiger partial charge in [-0.05, 0) is 57.6 Å². The molecule has 1 saturated heterocycles. The number of amides is 2. The fourth-order valence-electron chi connectivity index (χ4n) is 3.06. The van der Waals surface area contributed by atoms with Crippen LogP contribution in [0.4, 0.5) is 4.79 Å². The molecular formula is C19H31N3O3S. The fraction of sp³-hybridized carbons (Fsp3) is 0.632. The Morgan fingerprint density at radius 2 is 1.85 bits per heavy atom. The van der Waals surface area contributed by atoms with Crippen molar-refractivity contribution in [2.45, 2.75) is 57.4 Å². The van der Waals surface area contributed by atoms with E-state index in [0.29, 0.717) is 30.4 Å². The van der Waals surface area contributed by atoms with Crippen LogP contribution in [0.25, 0.3) is 0 Å². The minimum Gasteiger partial charge on any atom is -0.338 e. The molecule has 1 fully saturated rings. The Kier molecular flexibility index (Phi) is 7.46. The maximum Gasteiger partial charge on any atom is 0.314 e. The Morgan fingerprint density at radius 3 is 2.42 bits per heavy atom. The van der Waals surface area contributed by atoms with Gasteiger partial charge in [0, 0.05) is 25.7 Å². The van der Waals surface area contributed by atoms with Gasteiger partial charge in [0.1, 0.15) is 0 Å². The molecule has 0 saturated carbocycles. The number of sulfonamides is 1. The van der Waals surface area contributed by atoms with Gasteiger partial charge in [-0.3, -0.25) is 0 Å². The van der Waals surface area contributed by atoms with Crippen LogP contribution in [0.2, 0.25) is 0 Å². The molecule has 0 aromatic heterocycles. The van der Waals surface area contributed by atoms with Gasteiger partial charge in [-0.15, -0.1) is 0 Å². The van der Waals surface area contributed by atoms with Crippen LogP contribution in [0.15, 0.2) is 29.2 Å². The van der Waals surface area contributed by atoms with Crippen molar-refractivity contribution < 1.29 is 13.2 Å². The molecular weight excluding hydrogens is 350 g/mol. The van der Waals surface area contributed by atoms with Crippen molar-refractivity contribution >= 4 is 16.1 Å². The van der Waals surface area contributed by atoms with Gasteiger partial charge in [-0.2, -0.15) is 4.31 Å². The molecule has 0 radical (unpaired) electrons. The summed E-state index contributed by atoms with van der Waals surface area (Å²) in [7, 11) is -3.40. The van der Waals surface area contributed by atoms with Gasteiger partial charge < -0.3 is 10.6 Å². The third-order valence-corrected chi connectivity index (χ3v) is 6.97. The van der Waals surface area contributed by atoms with E-state index < -0.39 is 10.0 Å². The number of urea groups is 1. The molecule has 2 N–H and O–H groups in total. The van der Waals surface area contributed by atoms with Crippen LogP contribution in [0.3, 0.4) is 0 Å². The molecule has 0 spiro atoms. The third kappa shape index (κ3) is 5.71. The van der Waals surface area contributed by atoms with Gasteiger partial charge in [0.25, 0.3) is 0 Å². The molecule has 1 aromatic carbocycles. The van der Waals surface area contributed by atoms with Crippen LogP contribution in [0.5, 0.6) is 0 Å². The van der Waals surface area contributed by atoms with Crippen LogP contribution in [-0.4, -0.2) is 44.4 Å². The number of benzene rings is 1. The number of piperidine rings is 1. The Hall–Kier alpha value is -1.60. The molecule has 1 atom stereocenters. The van der Waals surface area contributed by atoms with Crippen LogP contribution < -0.4 is 10.6 Å². The number of carbonyl (C=O) groups excluding carboxylic acids is 1. The Labute approximate surface area is 157 Å². The van der Waals surface area contributed by atoms with Crippen LogP contribution in [-0.2, 0) is 10.0 Å². The fourth-order valence-corrected chi connectivity index (χ4v) is 4.53. The topological polar surface area (TPSA) is 78.5 Å². The molecule has 0 unspecified atom stereocenters. The standard InChI is InChI=1S/C19H31N3O3S/c1-4-16(3)21-19(23)20-12-9-17-10-13-22(14-11-17)26(24,25)18-7-5-15(2)6-8-18/h5-8,16-17H,4,9-14H2,1-3H3,(H2,20,21,23)/t16-/m1/s1. The molecule has 0 bridgehead atoms. The van der Waals surface area contributed by atoms with Gasteiger partial charge in [0.2, 0.25) is 10.0 Å². The van der Waals surface area contributed by atoms with E-state index >= 15 is 0 Å². The number of nitrogens with zero attached hydrogens (tertiary/aromatic N) is 1.